The maximum atomic E-state index is 5.65. The lowest BCUT2D eigenvalue weighted by molar-refractivity contribution is -0.380. The third kappa shape index (κ3) is 7.94. The van der Waals surface area contributed by atoms with Gasteiger partial charge in [0.2, 0.25) is 0 Å². The number of rotatable bonds is 17. The van der Waals surface area contributed by atoms with Gasteiger partial charge < -0.3 is 18.9 Å². The molecule has 0 bridgehead atoms. The molecule has 1 rings (SSSR count). The van der Waals surface area contributed by atoms with Gasteiger partial charge in [-0.05, 0) is 25.7 Å². The lowest BCUT2D eigenvalue weighted by Gasteiger charge is -2.36. The van der Waals surface area contributed by atoms with Crippen molar-refractivity contribution in [2.45, 2.75) is 109 Å². The van der Waals surface area contributed by atoms with Gasteiger partial charge in [-0.25, -0.2) is 0 Å². The summed E-state index contributed by atoms with van der Waals surface area (Å²) in [5, 5.41) is 0. The Kier molecular flexibility index (Phi) is 12.0. The summed E-state index contributed by atoms with van der Waals surface area (Å²) in [6, 6.07) is 0. The summed E-state index contributed by atoms with van der Waals surface area (Å²) in [6.45, 7) is 4.46. The molecule has 3 atom stereocenters. The van der Waals surface area contributed by atoms with Gasteiger partial charge in [-0.1, -0.05) is 65.2 Å². The van der Waals surface area contributed by atoms with E-state index in [1.165, 1.54) is 57.8 Å². The van der Waals surface area contributed by atoms with Gasteiger partial charge in [0, 0.05) is 27.2 Å². The van der Waals surface area contributed by atoms with E-state index in [2.05, 4.69) is 13.8 Å². The van der Waals surface area contributed by atoms with Crippen LogP contribution in [0.5, 0.6) is 0 Å². The Hall–Kier alpha value is -0.160. The number of hydrogen-bond acceptors (Lipinski definition) is 4. The highest BCUT2D eigenvalue weighted by molar-refractivity contribution is 4.83. The van der Waals surface area contributed by atoms with Gasteiger partial charge in [-0.3, -0.25) is 0 Å². The first-order valence-electron chi connectivity index (χ1n) is 10.5. The summed E-state index contributed by atoms with van der Waals surface area (Å²) in [4.78, 5) is 0. The van der Waals surface area contributed by atoms with E-state index in [0.29, 0.717) is 12.2 Å². The Morgan fingerprint density at radius 1 is 0.760 bits per heavy atom. The Balaban J connectivity index is 2.36. The average Bonchev–Trinajstić information content (AvgIpc) is 3.41. The van der Waals surface area contributed by atoms with E-state index >= 15 is 0 Å². The van der Waals surface area contributed by atoms with Crippen LogP contribution in [-0.2, 0) is 18.9 Å². The maximum Gasteiger partial charge on any atom is 0.285 e. The molecule has 25 heavy (non-hydrogen) atoms. The number of methoxy groups -OCH3 is 3. The Labute approximate surface area is 155 Å². The summed E-state index contributed by atoms with van der Waals surface area (Å²) in [7, 11) is 5.06. The molecule has 1 aliphatic rings. The minimum Gasteiger partial charge on any atom is -0.370 e. The molecule has 0 aromatic rings. The van der Waals surface area contributed by atoms with Crippen molar-refractivity contribution in [2.75, 3.05) is 21.3 Å². The number of epoxide rings is 1. The molecule has 0 radical (unpaired) electrons. The van der Waals surface area contributed by atoms with E-state index in [1.807, 2.05) is 0 Å². The molecular formula is C21H42O4. The molecule has 0 aromatic heterocycles. The largest absolute Gasteiger partial charge is 0.370 e. The van der Waals surface area contributed by atoms with E-state index in [9.17, 15) is 0 Å². The van der Waals surface area contributed by atoms with Crippen molar-refractivity contribution in [1.29, 1.82) is 0 Å². The monoisotopic (exact) mass is 358 g/mol. The number of ether oxygens (including phenoxy) is 4. The highest BCUT2D eigenvalue weighted by Gasteiger charge is 2.40. The highest BCUT2D eigenvalue weighted by atomic mass is 16.9. The quantitative estimate of drug-likeness (QED) is 0.190. The summed E-state index contributed by atoms with van der Waals surface area (Å²) in [6.07, 6.45) is 15.8. The van der Waals surface area contributed by atoms with Gasteiger partial charge in [0.05, 0.1) is 12.2 Å². The Morgan fingerprint density at radius 3 is 1.84 bits per heavy atom. The topological polar surface area (TPSA) is 40.2 Å². The molecule has 3 unspecified atom stereocenters. The van der Waals surface area contributed by atoms with Crippen molar-refractivity contribution in [3.63, 3.8) is 0 Å². The van der Waals surface area contributed by atoms with Crippen molar-refractivity contribution in [3.05, 3.63) is 0 Å². The second-order valence-electron chi connectivity index (χ2n) is 7.37. The molecule has 0 aromatic carbocycles. The normalized spacial score (nSPS) is 21.5. The third-order valence-electron chi connectivity index (χ3n) is 5.64. The minimum atomic E-state index is -0.897. The molecule has 4 nitrogen and oxygen atoms in total. The van der Waals surface area contributed by atoms with Gasteiger partial charge in [0.25, 0.3) is 5.97 Å². The average molecular weight is 359 g/mol. The molecule has 0 spiro atoms. The van der Waals surface area contributed by atoms with Crippen LogP contribution in [0.3, 0.4) is 0 Å². The zero-order valence-electron chi connectivity index (χ0n) is 17.4. The standard InChI is InChI=1S/C21H42O4/c1-6-8-9-10-11-12-15-18(21(22-3,23-4)24-5)16-13-14-17-20-19(7-2)25-20/h18-20H,6-17H2,1-5H3. The molecular weight excluding hydrogens is 316 g/mol. The zero-order valence-corrected chi connectivity index (χ0v) is 17.4. The molecule has 1 heterocycles. The molecule has 0 saturated carbocycles. The van der Waals surface area contributed by atoms with Gasteiger partial charge in [-0.15, -0.1) is 0 Å². The fourth-order valence-corrected chi connectivity index (χ4v) is 3.95. The zero-order chi connectivity index (χ0) is 18.5. The van der Waals surface area contributed by atoms with Gasteiger partial charge in [0.15, 0.2) is 0 Å². The van der Waals surface area contributed by atoms with Crippen LogP contribution in [0.2, 0.25) is 0 Å². The molecule has 1 aliphatic heterocycles. The second-order valence-corrected chi connectivity index (χ2v) is 7.37. The highest BCUT2D eigenvalue weighted by Crippen LogP contribution is 2.34. The van der Waals surface area contributed by atoms with Crippen molar-refractivity contribution in [3.8, 4) is 0 Å². The Bertz CT molecular complexity index is 309. The molecule has 1 fully saturated rings. The van der Waals surface area contributed by atoms with E-state index < -0.39 is 5.97 Å². The van der Waals surface area contributed by atoms with Gasteiger partial charge >= 0.3 is 0 Å². The predicted molar refractivity (Wildman–Crippen MR) is 103 cm³/mol. The van der Waals surface area contributed by atoms with Crippen LogP contribution in [0.25, 0.3) is 0 Å². The Morgan fingerprint density at radius 2 is 1.32 bits per heavy atom. The van der Waals surface area contributed by atoms with Crippen molar-refractivity contribution in [1.82, 2.24) is 0 Å². The molecule has 0 N–H and O–H groups in total. The first-order valence-corrected chi connectivity index (χ1v) is 10.5. The van der Waals surface area contributed by atoms with Crippen LogP contribution in [0.4, 0.5) is 0 Å². The van der Waals surface area contributed by atoms with E-state index in [1.54, 1.807) is 21.3 Å². The van der Waals surface area contributed by atoms with Crippen molar-refractivity contribution in [2.24, 2.45) is 5.92 Å². The first-order chi connectivity index (χ1) is 12.2. The lowest BCUT2D eigenvalue weighted by Crippen LogP contribution is -2.44. The SMILES string of the molecule is CCCCCCCCC(CCCCC1OC1CC)C(OC)(OC)OC. The molecule has 150 valence electrons. The maximum absolute atomic E-state index is 5.65. The molecule has 0 amide bonds. The summed E-state index contributed by atoms with van der Waals surface area (Å²) in [5.74, 6) is -0.619. The van der Waals surface area contributed by atoms with Crippen LogP contribution in [0.1, 0.15) is 90.9 Å². The predicted octanol–water partition coefficient (Wildman–Crippen LogP) is 5.68. The third-order valence-corrected chi connectivity index (χ3v) is 5.64. The van der Waals surface area contributed by atoms with Gasteiger partial charge in [-0.2, -0.15) is 0 Å². The first kappa shape index (κ1) is 22.9. The van der Waals surface area contributed by atoms with Gasteiger partial charge in [0.1, 0.15) is 0 Å². The second kappa shape index (κ2) is 13.1. The summed E-state index contributed by atoms with van der Waals surface area (Å²) in [5.41, 5.74) is 0. The molecule has 1 saturated heterocycles. The van der Waals surface area contributed by atoms with E-state index in [4.69, 9.17) is 18.9 Å². The molecule has 0 aliphatic carbocycles. The number of unbranched alkanes of at least 4 members (excludes halogenated alkanes) is 6. The fourth-order valence-electron chi connectivity index (χ4n) is 3.95. The van der Waals surface area contributed by atoms with Crippen LogP contribution in [0.15, 0.2) is 0 Å². The summed E-state index contributed by atoms with van der Waals surface area (Å²) >= 11 is 0. The molecule has 4 heteroatoms. The minimum absolute atomic E-state index is 0.278. The van der Waals surface area contributed by atoms with Crippen LogP contribution < -0.4 is 0 Å². The van der Waals surface area contributed by atoms with E-state index in [0.717, 1.165) is 19.3 Å². The summed E-state index contributed by atoms with van der Waals surface area (Å²) < 4.78 is 22.6. The fraction of sp³-hybridized carbons (Fsp3) is 1.00. The van der Waals surface area contributed by atoms with E-state index in [-0.39, 0.29) is 5.92 Å². The number of hydrogen-bond donors (Lipinski definition) is 0. The lowest BCUT2D eigenvalue weighted by atomic mass is 9.91. The van der Waals surface area contributed by atoms with Crippen LogP contribution in [-0.4, -0.2) is 39.5 Å². The van der Waals surface area contributed by atoms with Crippen molar-refractivity contribution >= 4 is 0 Å². The van der Waals surface area contributed by atoms with Crippen LogP contribution >= 0.6 is 0 Å². The van der Waals surface area contributed by atoms with Crippen LogP contribution in [0, 0.1) is 5.92 Å². The smallest absolute Gasteiger partial charge is 0.285 e. The van der Waals surface area contributed by atoms with Crippen molar-refractivity contribution < 1.29 is 18.9 Å².